The van der Waals surface area contributed by atoms with Gasteiger partial charge >= 0.3 is 24.2 Å². The Morgan fingerprint density at radius 1 is 1.07 bits per heavy atom. The number of carbonyl (C=O) groups excluding carboxylic acids is 5. The molecule has 2 heterocycles. The van der Waals surface area contributed by atoms with E-state index in [9.17, 15) is 24.0 Å². The van der Waals surface area contributed by atoms with Gasteiger partial charge in [0.1, 0.15) is 42.9 Å². The number of nitrogens with zero attached hydrogens (tertiary/aromatic N) is 1. The molecule has 226 valence electrons. The summed E-state index contributed by atoms with van der Waals surface area (Å²) in [5, 5.41) is 1.75. The van der Waals surface area contributed by atoms with Crippen molar-refractivity contribution < 1.29 is 47.7 Å². The molecule has 1 unspecified atom stereocenters. The molecular formula is C25H29Cl3N2O10S. The summed E-state index contributed by atoms with van der Waals surface area (Å²) >= 11 is 17.9. The Morgan fingerprint density at radius 3 is 2.34 bits per heavy atom. The van der Waals surface area contributed by atoms with Crippen molar-refractivity contribution in [2.75, 3.05) is 19.8 Å². The van der Waals surface area contributed by atoms with E-state index in [1.54, 1.807) is 0 Å². The Balaban J connectivity index is 2.01. The van der Waals surface area contributed by atoms with Crippen LogP contribution in [0.25, 0.3) is 0 Å². The highest BCUT2D eigenvalue weighted by molar-refractivity contribution is 8.04. The number of halogens is 3. The van der Waals surface area contributed by atoms with Gasteiger partial charge in [0.15, 0.2) is 6.23 Å². The van der Waals surface area contributed by atoms with Crippen molar-refractivity contribution in [3.8, 4) is 0 Å². The largest absolute Gasteiger partial charge is 0.508 e. The zero-order valence-electron chi connectivity index (χ0n) is 22.0. The molecule has 0 aromatic carbocycles. The molecule has 0 bridgehead atoms. The van der Waals surface area contributed by atoms with Gasteiger partial charge in [-0.3, -0.25) is 19.8 Å². The predicted octanol–water partition coefficient (Wildman–Crippen LogP) is 4.51. The molecule has 1 N–H and O–H groups in total. The van der Waals surface area contributed by atoms with Gasteiger partial charge in [0.2, 0.25) is 9.70 Å². The minimum Gasteiger partial charge on any atom is -0.457 e. The molecule has 0 radical (unpaired) electrons. The first kappa shape index (κ1) is 34.3. The number of esters is 2. The molecule has 0 aliphatic carbocycles. The van der Waals surface area contributed by atoms with Gasteiger partial charge in [-0.05, 0) is 25.8 Å². The molecule has 0 spiro atoms. The number of fused-ring (bicyclic) bond motifs is 1. The van der Waals surface area contributed by atoms with Crippen LogP contribution in [0.1, 0.15) is 26.2 Å². The van der Waals surface area contributed by atoms with Crippen LogP contribution in [0, 0.1) is 5.92 Å². The highest BCUT2D eigenvalue weighted by Crippen LogP contribution is 2.52. The number of rotatable bonds is 15. The van der Waals surface area contributed by atoms with Crippen molar-refractivity contribution in [2.45, 2.75) is 47.7 Å². The van der Waals surface area contributed by atoms with E-state index in [-0.39, 0.29) is 38.2 Å². The molecule has 1 saturated heterocycles. The average molecular weight is 656 g/mol. The highest BCUT2D eigenvalue weighted by atomic mass is 35.6. The third-order valence-corrected chi connectivity index (χ3v) is 7.12. The molecule has 0 aromatic heterocycles. The number of alkyl halides is 3. The first-order valence-electron chi connectivity index (χ1n) is 12.1. The molecular weight excluding hydrogens is 627 g/mol. The Bertz CT molecular complexity index is 1090. The molecule has 2 aliphatic heterocycles. The standard InChI is InChI=1S/C25H29Cl3N2O10S/c1-5-11-36-22(33)19-15(9-8-10-17(31)40-16(7-3)29-23(34)37-12-6-2)41-21-18(20(32)30(19)21)14(4)39-24(35)38-13-25(26,27)28/h5-7,14,16,18,21H,1-3,8-13H2,4H3,(H,29,34)/t14?,16-,18+,21-/m1/s1. The Labute approximate surface area is 255 Å². The van der Waals surface area contributed by atoms with E-state index < -0.39 is 64.1 Å². The second-order valence-electron chi connectivity index (χ2n) is 8.41. The van der Waals surface area contributed by atoms with Crippen LogP contribution in [0.5, 0.6) is 0 Å². The fraction of sp³-hybridized carbons (Fsp3) is 0.480. The van der Waals surface area contributed by atoms with Gasteiger partial charge in [-0.25, -0.2) is 14.4 Å². The lowest BCUT2D eigenvalue weighted by molar-refractivity contribution is -0.158. The number of thioether (sulfide) groups is 1. The van der Waals surface area contributed by atoms with Gasteiger partial charge in [-0.15, -0.1) is 11.8 Å². The summed E-state index contributed by atoms with van der Waals surface area (Å²) in [5.74, 6) is -2.66. The summed E-state index contributed by atoms with van der Waals surface area (Å²) in [6, 6.07) is 0. The van der Waals surface area contributed by atoms with Crippen LogP contribution in [0.2, 0.25) is 0 Å². The summed E-state index contributed by atoms with van der Waals surface area (Å²) in [6.07, 6.45) is 0.346. The van der Waals surface area contributed by atoms with E-state index in [2.05, 4.69) is 25.1 Å². The van der Waals surface area contributed by atoms with Crippen molar-refractivity contribution in [1.29, 1.82) is 0 Å². The smallest absolute Gasteiger partial charge is 0.457 e. The molecule has 2 rings (SSSR count). The molecule has 1 fully saturated rings. The lowest BCUT2D eigenvalue weighted by Crippen LogP contribution is -2.61. The summed E-state index contributed by atoms with van der Waals surface area (Å²) in [7, 11) is 0. The quantitative estimate of drug-likeness (QED) is 0.0664. The summed E-state index contributed by atoms with van der Waals surface area (Å²) in [4.78, 5) is 63.6. The van der Waals surface area contributed by atoms with Crippen molar-refractivity contribution in [1.82, 2.24) is 10.2 Å². The van der Waals surface area contributed by atoms with Crippen molar-refractivity contribution in [3.63, 3.8) is 0 Å². The minimum absolute atomic E-state index is 0.0267. The first-order valence-corrected chi connectivity index (χ1v) is 14.1. The zero-order chi connectivity index (χ0) is 30.7. The maximum atomic E-state index is 13.0. The number of β-lactam (4-membered cyclic amide) rings is 1. The fourth-order valence-corrected chi connectivity index (χ4v) is 5.44. The highest BCUT2D eigenvalue weighted by Gasteiger charge is 2.58. The van der Waals surface area contributed by atoms with Crippen LogP contribution in [0.3, 0.4) is 0 Å². The van der Waals surface area contributed by atoms with E-state index in [4.69, 9.17) is 58.5 Å². The Morgan fingerprint density at radius 2 is 1.73 bits per heavy atom. The van der Waals surface area contributed by atoms with Gasteiger partial charge in [0, 0.05) is 11.3 Å². The van der Waals surface area contributed by atoms with Gasteiger partial charge < -0.3 is 23.7 Å². The van der Waals surface area contributed by atoms with Gasteiger partial charge in [-0.1, -0.05) is 66.7 Å². The van der Waals surface area contributed by atoms with E-state index >= 15 is 0 Å². The molecule has 16 heteroatoms. The number of hydrogen-bond acceptors (Lipinski definition) is 11. The second kappa shape index (κ2) is 15.9. The van der Waals surface area contributed by atoms with Crippen LogP contribution in [-0.4, -0.2) is 76.3 Å². The number of ether oxygens (including phenoxy) is 5. The molecule has 0 saturated carbocycles. The normalized spacial score (nSPS) is 19.1. The monoisotopic (exact) mass is 654 g/mol. The Hall–Kier alpha value is -2.87. The number of nitrogens with one attached hydrogen (secondary N) is 1. The maximum Gasteiger partial charge on any atom is 0.508 e. The van der Waals surface area contributed by atoms with Crippen LogP contribution >= 0.6 is 46.6 Å². The molecule has 0 aromatic rings. The molecule has 41 heavy (non-hydrogen) atoms. The molecule has 2 amide bonds. The summed E-state index contributed by atoms with van der Waals surface area (Å²) < 4.78 is 23.2. The van der Waals surface area contributed by atoms with Gasteiger partial charge in [0.05, 0.1) is 0 Å². The number of allylic oxidation sites excluding steroid dienone is 1. The van der Waals surface area contributed by atoms with Crippen LogP contribution in [-0.2, 0) is 38.1 Å². The predicted molar refractivity (Wildman–Crippen MR) is 151 cm³/mol. The molecule has 12 nitrogen and oxygen atoms in total. The second-order valence-corrected chi connectivity index (χ2v) is 12.1. The van der Waals surface area contributed by atoms with Crippen LogP contribution in [0.4, 0.5) is 9.59 Å². The van der Waals surface area contributed by atoms with Crippen LogP contribution in [0.15, 0.2) is 48.6 Å². The van der Waals surface area contributed by atoms with E-state index in [1.165, 1.54) is 41.8 Å². The molecule has 4 atom stereocenters. The van der Waals surface area contributed by atoms with E-state index in [0.717, 1.165) is 0 Å². The van der Waals surface area contributed by atoms with Gasteiger partial charge in [0.25, 0.3) is 0 Å². The SMILES string of the molecule is C=CCOC(=O)N[C@@H](C=C)OC(=O)CCCC1=C(C(=O)OCC=C)N2C(=O)[C@H](C(C)OC(=O)OCC(Cl)(Cl)Cl)[C@H]2S1. The van der Waals surface area contributed by atoms with E-state index in [1.807, 2.05) is 0 Å². The third kappa shape index (κ3) is 10.2. The topological polar surface area (TPSA) is 147 Å². The van der Waals surface area contributed by atoms with Crippen molar-refractivity contribution in [3.05, 3.63) is 48.6 Å². The average Bonchev–Trinajstić information content (AvgIpc) is 3.22. The zero-order valence-corrected chi connectivity index (χ0v) is 25.1. The lowest BCUT2D eigenvalue weighted by Gasteiger charge is -2.44. The number of amides is 2. The lowest BCUT2D eigenvalue weighted by atomic mass is 9.92. The minimum atomic E-state index is -1.83. The summed E-state index contributed by atoms with van der Waals surface area (Å²) in [6.45, 7) is 11.3. The summed E-state index contributed by atoms with van der Waals surface area (Å²) in [5.41, 5.74) is 0.0399. The number of alkyl carbamates (subject to hydrolysis) is 1. The Kier molecular flexibility index (Phi) is 13.4. The van der Waals surface area contributed by atoms with Crippen molar-refractivity contribution in [2.24, 2.45) is 5.92 Å². The maximum absolute atomic E-state index is 13.0. The van der Waals surface area contributed by atoms with E-state index in [0.29, 0.717) is 4.91 Å². The van der Waals surface area contributed by atoms with Crippen LogP contribution < -0.4 is 5.32 Å². The number of hydrogen-bond donors (Lipinski definition) is 1. The number of carbonyl (C=O) groups is 5. The first-order chi connectivity index (χ1) is 19.3. The fourth-order valence-electron chi connectivity index (χ4n) is 3.63. The molecule has 2 aliphatic rings. The van der Waals surface area contributed by atoms with Crippen molar-refractivity contribution >= 4 is 76.7 Å². The van der Waals surface area contributed by atoms with Gasteiger partial charge in [-0.2, -0.15) is 0 Å². The third-order valence-electron chi connectivity index (χ3n) is 5.37.